The van der Waals surface area contributed by atoms with Crippen molar-refractivity contribution in [2.75, 3.05) is 0 Å². The van der Waals surface area contributed by atoms with Crippen molar-refractivity contribution >= 4 is 51.1 Å². The van der Waals surface area contributed by atoms with Crippen molar-refractivity contribution in [2.45, 2.75) is 0 Å². The topological polar surface area (TPSA) is 40.5 Å². The van der Waals surface area contributed by atoms with Crippen LogP contribution in [0, 0.1) is 3.57 Å². The highest BCUT2D eigenvalue weighted by Gasteiger charge is 2.11. The van der Waals surface area contributed by atoms with Gasteiger partial charge in [-0.25, -0.2) is 0 Å². The molecule has 1 aromatic rings. The van der Waals surface area contributed by atoms with Crippen LogP contribution in [0.25, 0.3) is 0 Å². The molecule has 0 saturated heterocycles. The molecule has 0 atom stereocenters. The van der Waals surface area contributed by atoms with Crippen molar-refractivity contribution in [3.8, 4) is 0 Å². The molecule has 0 aliphatic carbocycles. The molecular formula is C6H5BBrIO2. The van der Waals surface area contributed by atoms with Gasteiger partial charge in [-0.1, -0.05) is 6.07 Å². The number of hydrogen-bond donors (Lipinski definition) is 2. The first-order valence-corrected chi connectivity index (χ1v) is 4.79. The molecule has 5 heteroatoms. The quantitative estimate of drug-likeness (QED) is 0.590. The van der Waals surface area contributed by atoms with E-state index >= 15 is 0 Å². The molecule has 1 rings (SSSR count). The summed E-state index contributed by atoms with van der Waals surface area (Å²) in [7, 11) is -1.39. The first-order valence-electron chi connectivity index (χ1n) is 2.92. The molecule has 11 heavy (non-hydrogen) atoms. The number of rotatable bonds is 1. The first-order chi connectivity index (χ1) is 5.11. The molecule has 0 amide bonds. The Hall–Kier alpha value is 0.415. The van der Waals surface area contributed by atoms with Gasteiger partial charge in [0.25, 0.3) is 0 Å². The van der Waals surface area contributed by atoms with Crippen LogP contribution < -0.4 is 5.46 Å². The summed E-state index contributed by atoms with van der Waals surface area (Å²) >= 11 is 5.44. The van der Waals surface area contributed by atoms with Gasteiger partial charge >= 0.3 is 7.12 Å². The molecule has 0 aliphatic heterocycles. The lowest BCUT2D eigenvalue weighted by Gasteiger charge is -2.00. The Kier molecular flexibility index (Phi) is 3.36. The van der Waals surface area contributed by atoms with Gasteiger partial charge in [0.15, 0.2) is 0 Å². The van der Waals surface area contributed by atoms with E-state index in [9.17, 15) is 0 Å². The Balaban J connectivity index is 3.05. The normalized spacial score (nSPS) is 9.82. The third-order valence-corrected chi connectivity index (χ3v) is 3.58. The van der Waals surface area contributed by atoms with Crippen molar-refractivity contribution < 1.29 is 10.0 Å². The van der Waals surface area contributed by atoms with Gasteiger partial charge in [-0.3, -0.25) is 0 Å². The van der Waals surface area contributed by atoms with E-state index in [1.54, 1.807) is 12.1 Å². The zero-order chi connectivity index (χ0) is 8.43. The van der Waals surface area contributed by atoms with Gasteiger partial charge in [-0.05, 0) is 56.1 Å². The van der Waals surface area contributed by atoms with E-state index in [4.69, 9.17) is 10.0 Å². The SMILES string of the molecule is OB(O)c1ccc(I)c(Br)c1. The van der Waals surface area contributed by atoms with Gasteiger partial charge < -0.3 is 10.0 Å². The molecule has 0 aliphatic rings. The average Bonchev–Trinajstić information content (AvgIpc) is 1.94. The Morgan fingerprint density at radius 3 is 2.45 bits per heavy atom. The van der Waals surface area contributed by atoms with E-state index in [0.29, 0.717) is 5.46 Å². The number of halogens is 2. The van der Waals surface area contributed by atoms with Gasteiger partial charge in [0.05, 0.1) is 0 Å². The summed E-state index contributed by atoms with van der Waals surface area (Å²) in [5.41, 5.74) is 0.497. The highest BCUT2D eigenvalue weighted by molar-refractivity contribution is 14.1. The predicted octanol–water partition coefficient (Wildman–Crippen LogP) is 0.733. The van der Waals surface area contributed by atoms with Crippen LogP contribution in [-0.2, 0) is 0 Å². The molecule has 0 saturated carbocycles. The largest absolute Gasteiger partial charge is 0.488 e. The molecule has 58 valence electrons. The monoisotopic (exact) mass is 326 g/mol. The van der Waals surface area contributed by atoms with Crippen LogP contribution in [-0.4, -0.2) is 17.2 Å². The summed E-state index contributed by atoms with van der Waals surface area (Å²) in [4.78, 5) is 0. The molecule has 0 spiro atoms. The zero-order valence-electron chi connectivity index (χ0n) is 5.46. The zero-order valence-corrected chi connectivity index (χ0v) is 9.20. The third kappa shape index (κ3) is 2.43. The maximum absolute atomic E-state index is 8.77. The summed E-state index contributed by atoms with van der Waals surface area (Å²) in [5.74, 6) is 0. The fourth-order valence-corrected chi connectivity index (χ4v) is 1.40. The summed E-state index contributed by atoms with van der Waals surface area (Å²) in [5, 5.41) is 17.5. The van der Waals surface area contributed by atoms with Crippen molar-refractivity contribution in [2.24, 2.45) is 0 Å². The fraction of sp³-hybridized carbons (Fsp3) is 0. The standard InChI is InChI=1S/C6H5BBrIO2/c8-5-3-4(7(10)11)1-2-6(5)9/h1-3,10-11H. The average molecular weight is 327 g/mol. The number of hydrogen-bond acceptors (Lipinski definition) is 2. The lowest BCUT2D eigenvalue weighted by molar-refractivity contribution is 0.426. The van der Waals surface area contributed by atoms with E-state index in [-0.39, 0.29) is 0 Å². The smallest absolute Gasteiger partial charge is 0.423 e. The minimum Gasteiger partial charge on any atom is -0.423 e. The van der Waals surface area contributed by atoms with Crippen molar-refractivity contribution in [3.63, 3.8) is 0 Å². The van der Waals surface area contributed by atoms with Crippen molar-refractivity contribution in [1.29, 1.82) is 0 Å². The van der Waals surface area contributed by atoms with Gasteiger partial charge in [-0.15, -0.1) is 0 Å². The van der Waals surface area contributed by atoms with Crippen LogP contribution in [0.4, 0.5) is 0 Å². The van der Waals surface area contributed by atoms with Crippen LogP contribution >= 0.6 is 38.5 Å². The molecule has 0 bridgehead atoms. The molecule has 2 nitrogen and oxygen atoms in total. The van der Waals surface area contributed by atoms with Gasteiger partial charge in [0.1, 0.15) is 0 Å². The molecule has 0 radical (unpaired) electrons. The van der Waals surface area contributed by atoms with Crippen molar-refractivity contribution in [3.05, 3.63) is 26.2 Å². The first kappa shape index (κ1) is 9.50. The molecule has 1 aromatic carbocycles. The third-order valence-electron chi connectivity index (χ3n) is 1.24. The Labute approximate surface area is 87.0 Å². The molecular weight excluding hydrogens is 322 g/mol. The molecule has 0 heterocycles. The van der Waals surface area contributed by atoms with E-state index in [1.807, 2.05) is 6.07 Å². The van der Waals surface area contributed by atoms with Crippen LogP contribution in [0.1, 0.15) is 0 Å². The van der Waals surface area contributed by atoms with Gasteiger partial charge in [0.2, 0.25) is 0 Å². The summed E-state index contributed by atoms with van der Waals surface area (Å²) in [6.07, 6.45) is 0. The van der Waals surface area contributed by atoms with E-state index in [2.05, 4.69) is 38.5 Å². The van der Waals surface area contributed by atoms with Crippen LogP contribution in [0.3, 0.4) is 0 Å². The van der Waals surface area contributed by atoms with Crippen LogP contribution in [0.15, 0.2) is 22.7 Å². The van der Waals surface area contributed by atoms with E-state index < -0.39 is 7.12 Å². The van der Waals surface area contributed by atoms with Gasteiger partial charge in [-0.2, -0.15) is 0 Å². The Morgan fingerprint density at radius 2 is 2.00 bits per heavy atom. The lowest BCUT2D eigenvalue weighted by atomic mass is 9.81. The van der Waals surface area contributed by atoms with Gasteiger partial charge in [0, 0.05) is 8.04 Å². The number of benzene rings is 1. The highest BCUT2D eigenvalue weighted by Crippen LogP contribution is 2.16. The molecule has 2 N–H and O–H groups in total. The predicted molar refractivity (Wildman–Crippen MR) is 56.7 cm³/mol. The summed E-state index contributed by atoms with van der Waals surface area (Å²) < 4.78 is 1.93. The molecule has 0 aromatic heterocycles. The Morgan fingerprint density at radius 1 is 1.36 bits per heavy atom. The lowest BCUT2D eigenvalue weighted by Crippen LogP contribution is -2.29. The molecule has 0 fully saturated rings. The maximum atomic E-state index is 8.77. The minimum atomic E-state index is -1.39. The molecule has 0 unspecified atom stereocenters. The van der Waals surface area contributed by atoms with E-state index in [0.717, 1.165) is 8.04 Å². The van der Waals surface area contributed by atoms with Crippen LogP contribution in [0.2, 0.25) is 0 Å². The second kappa shape index (κ2) is 3.89. The van der Waals surface area contributed by atoms with E-state index in [1.165, 1.54) is 0 Å². The summed E-state index contributed by atoms with van der Waals surface area (Å²) in [6.45, 7) is 0. The summed E-state index contributed by atoms with van der Waals surface area (Å²) in [6, 6.07) is 5.18. The maximum Gasteiger partial charge on any atom is 0.488 e. The minimum absolute atomic E-state index is 0.497. The highest BCUT2D eigenvalue weighted by atomic mass is 127. The second-order valence-electron chi connectivity index (χ2n) is 2.05. The van der Waals surface area contributed by atoms with Crippen LogP contribution in [0.5, 0.6) is 0 Å². The Bertz CT molecular complexity index is 267. The fourth-order valence-electron chi connectivity index (χ4n) is 0.673. The second-order valence-corrected chi connectivity index (χ2v) is 4.06. The van der Waals surface area contributed by atoms with Crippen molar-refractivity contribution in [1.82, 2.24) is 0 Å².